The molecule has 3 heteroatoms. The van der Waals surface area contributed by atoms with Crippen LogP contribution < -0.4 is 0 Å². The Kier molecular flexibility index (Phi) is 4.55. The molecule has 3 aromatic rings. The maximum atomic E-state index is 13.7. The lowest BCUT2D eigenvalue weighted by molar-refractivity contribution is -0.267. The van der Waals surface area contributed by atoms with E-state index < -0.39 is 17.3 Å². The molecule has 3 nitrogen and oxygen atoms in total. The fourth-order valence-electron chi connectivity index (χ4n) is 5.94. The Bertz CT molecular complexity index is 1110. The molecule has 160 valence electrons. The maximum absolute atomic E-state index is 13.7. The zero-order valence-corrected chi connectivity index (χ0v) is 17.9. The normalized spacial score (nSPS) is 28.2. The van der Waals surface area contributed by atoms with Crippen molar-refractivity contribution in [1.29, 1.82) is 0 Å². The maximum Gasteiger partial charge on any atom is 0.205 e. The van der Waals surface area contributed by atoms with Gasteiger partial charge in [0.1, 0.15) is 17.1 Å². The summed E-state index contributed by atoms with van der Waals surface area (Å²) < 4.78 is 13.5. The van der Waals surface area contributed by atoms with Gasteiger partial charge in [0.15, 0.2) is 0 Å². The molecule has 0 radical (unpaired) electrons. The lowest BCUT2D eigenvalue weighted by atomic mass is 9.56. The molecular formula is C29H26O3. The molecule has 2 fully saturated rings. The predicted molar refractivity (Wildman–Crippen MR) is 123 cm³/mol. The summed E-state index contributed by atoms with van der Waals surface area (Å²) >= 11 is 0. The molecular weight excluding hydrogens is 396 g/mol. The molecule has 2 aliphatic heterocycles. The molecule has 2 bridgehead atoms. The van der Waals surface area contributed by atoms with Gasteiger partial charge in [0.25, 0.3) is 0 Å². The summed E-state index contributed by atoms with van der Waals surface area (Å²) in [5.74, 6) is 1.11. The zero-order chi connectivity index (χ0) is 21.6. The van der Waals surface area contributed by atoms with Crippen molar-refractivity contribution in [2.75, 3.05) is 0 Å². The van der Waals surface area contributed by atoms with Crippen LogP contribution in [0.25, 0.3) is 5.76 Å². The first-order chi connectivity index (χ1) is 15.7. The SMILES string of the molecule is O=C1CCCC2C3OC(c4ccccc4)=CC12CC(c1ccccc1)(c1ccccc1)O3. The second kappa shape index (κ2) is 7.46. The Balaban J connectivity index is 1.57. The molecule has 2 heterocycles. The van der Waals surface area contributed by atoms with Gasteiger partial charge in [0.2, 0.25) is 6.29 Å². The molecule has 1 saturated carbocycles. The minimum absolute atomic E-state index is 0.0387. The Morgan fingerprint density at radius 1 is 0.781 bits per heavy atom. The smallest absolute Gasteiger partial charge is 0.205 e. The lowest BCUT2D eigenvalue weighted by Crippen LogP contribution is -2.60. The second-order valence-electron chi connectivity index (χ2n) is 9.18. The average molecular weight is 423 g/mol. The van der Waals surface area contributed by atoms with Gasteiger partial charge in [-0.25, -0.2) is 0 Å². The Hall–Kier alpha value is -3.17. The predicted octanol–water partition coefficient (Wildman–Crippen LogP) is 6.10. The molecule has 3 atom stereocenters. The number of Topliss-reactive ketones (excluding diaryl/α,β-unsaturated/α-hetero) is 1. The fraction of sp³-hybridized carbons (Fsp3) is 0.276. The molecule has 32 heavy (non-hydrogen) atoms. The summed E-state index contributed by atoms with van der Waals surface area (Å²) in [7, 11) is 0. The number of carbonyl (C=O) groups is 1. The van der Waals surface area contributed by atoms with E-state index in [0.717, 1.165) is 35.3 Å². The van der Waals surface area contributed by atoms with Crippen LogP contribution in [-0.4, -0.2) is 12.1 Å². The highest BCUT2D eigenvalue weighted by molar-refractivity contribution is 5.90. The van der Waals surface area contributed by atoms with Crippen molar-refractivity contribution in [2.24, 2.45) is 11.3 Å². The summed E-state index contributed by atoms with van der Waals surface area (Å²) in [5, 5.41) is 0. The van der Waals surface area contributed by atoms with Crippen molar-refractivity contribution in [1.82, 2.24) is 0 Å². The van der Waals surface area contributed by atoms with Gasteiger partial charge in [0.05, 0.1) is 5.41 Å². The molecule has 3 unspecified atom stereocenters. The Morgan fingerprint density at radius 2 is 1.38 bits per heavy atom. The molecule has 1 aliphatic carbocycles. The van der Waals surface area contributed by atoms with Crippen molar-refractivity contribution in [3.05, 3.63) is 114 Å². The topological polar surface area (TPSA) is 35.5 Å². The first-order valence-electron chi connectivity index (χ1n) is 11.5. The first-order valence-corrected chi connectivity index (χ1v) is 11.5. The first kappa shape index (κ1) is 19.5. The highest BCUT2D eigenvalue weighted by Crippen LogP contribution is 2.60. The van der Waals surface area contributed by atoms with Crippen LogP contribution in [0.2, 0.25) is 0 Å². The molecule has 6 rings (SSSR count). The van der Waals surface area contributed by atoms with E-state index in [1.165, 1.54) is 0 Å². The molecule has 0 aromatic heterocycles. The number of hydrogen-bond acceptors (Lipinski definition) is 3. The molecule has 0 amide bonds. The van der Waals surface area contributed by atoms with E-state index >= 15 is 0 Å². The van der Waals surface area contributed by atoms with Crippen LogP contribution in [0, 0.1) is 11.3 Å². The minimum atomic E-state index is -0.741. The fourth-order valence-corrected chi connectivity index (χ4v) is 5.94. The zero-order valence-electron chi connectivity index (χ0n) is 17.9. The van der Waals surface area contributed by atoms with Gasteiger partial charge in [-0.05, 0) is 30.0 Å². The van der Waals surface area contributed by atoms with Gasteiger partial charge in [0, 0.05) is 24.3 Å². The van der Waals surface area contributed by atoms with Crippen LogP contribution in [-0.2, 0) is 19.9 Å². The summed E-state index contributed by atoms with van der Waals surface area (Å²) in [5.41, 5.74) is 1.77. The van der Waals surface area contributed by atoms with E-state index in [1.54, 1.807) is 0 Å². The van der Waals surface area contributed by atoms with Crippen molar-refractivity contribution >= 4 is 11.5 Å². The molecule has 3 aromatic carbocycles. The standard InChI is InChI=1S/C29H26O3/c30-26-18-10-17-24-27-31-25(21-11-4-1-5-12-21)19-28(24,26)20-29(32-27,22-13-6-2-7-14-22)23-15-8-3-9-16-23/h1-9,11-16,19,24,27H,10,17-18,20H2. The van der Waals surface area contributed by atoms with Gasteiger partial charge in [-0.2, -0.15) is 0 Å². The van der Waals surface area contributed by atoms with E-state index in [1.807, 2.05) is 66.7 Å². The van der Waals surface area contributed by atoms with Crippen molar-refractivity contribution < 1.29 is 14.3 Å². The van der Waals surface area contributed by atoms with Crippen LogP contribution in [0.4, 0.5) is 0 Å². The van der Waals surface area contributed by atoms with E-state index in [4.69, 9.17) is 9.47 Å². The molecule has 1 saturated heterocycles. The number of allylic oxidation sites excluding steroid dienone is 1. The van der Waals surface area contributed by atoms with E-state index in [-0.39, 0.29) is 5.92 Å². The number of hydrogen-bond donors (Lipinski definition) is 0. The number of rotatable bonds is 3. The summed E-state index contributed by atoms with van der Waals surface area (Å²) in [4.78, 5) is 13.7. The van der Waals surface area contributed by atoms with E-state index in [0.29, 0.717) is 18.6 Å². The van der Waals surface area contributed by atoms with Crippen LogP contribution in [0.3, 0.4) is 0 Å². The van der Waals surface area contributed by atoms with Crippen molar-refractivity contribution in [3.8, 4) is 0 Å². The number of benzene rings is 3. The minimum Gasteiger partial charge on any atom is -0.464 e. The number of carbonyl (C=O) groups excluding carboxylic acids is 1. The molecule has 3 aliphatic rings. The van der Waals surface area contributed by atoms with Gasteiger partial charge in [-0.15, -0.1) is 0 Å². The van der Waals surface area contributed by atoms with E-state index in [9.17, 15) is 4.79 Å². The van der Waals surface area contributed by atoms with Gasteiger partial charge < -0.3 is 9.47 Å². The van der Waals surface area contributed by atoms with Crippen molar-refractivity contribution in [3.63, 3.8) is 0 Å². The third-order valence-electron chi connectivity index (χ3n) is 7.46. The highest BCUT2D eigenvalue weighted by Gasteiger charge is 2.62. The molecule has 0 N–H and O–H groups in total. The summed E-state index contributed by atoms with van der Waals surface area (Å²) in [6, 6.07) is 30.7. The molecule has 0 spiro atoms. The summed E-state index contributed by atoms with van der Waals surface area (Å²) in [6.45, 7) is 0. The number of ketones is 1. The second-order valence-corrected chi connectivity index (χ2v) is 9.18. The van der Waals surface area contributed by atoms with Gasteiger partial charge in [-0.3, -0.25) is 4.79 Å². The van der Waals surface area contributed by atoms with Gasteiger partial charge in [-0.1, -0.05) is 91.0 Å². The third-order valence-corrected chi connectivity index (χ3v) is 7.46. The van der Waals surface area contributed by atoms with E-state index in [2.05, 4.69) is 30.3 Å². The van der Waals surface area contributed by atoms with Crippen LogP contribution in [0.15, 0.2) is 97.1 Å². The summed E-state index contributed by atoms with van der Waals surface area (Å²) in [6.07, 6.45) is 4.69. The Labute approximate surface area is 188 Å². The average Bonchev–Trinajstić information content (AvgIpc) is 2.85. The van der Waals surface area contributed by atoms with Crippen LogP contribution >= 0.6 is 0 Å². The highest BCUT2D eigenvalue weighted by atomic mass is 16.7. The quantitative estimate of drug-likeness (QED) is 0.511. The third kappa shape index (κ3) is 2.88. The van der Waals surface area contributed by atoms with Crippen LogP contribution in [0.1, 0.15) is 42.4 Å². The monoisotopic (exact) mass is 422 g/mol. The number of ether oxygens (including phenoxy) is 2. The Morgan fingerprint density at radius 3 is 2.00 bits per heavy atom. The van der Waals surface area contributed by atoms with Crippen LogP contribution in [0.5, 0.6) is 0 Å². The van der Waals surface area contributed by atoms with Gasteiger partial charge >= 0.3 is 0 Å². The lowest BCUT2D eigenvalue weighted by Gasteiger charge is -2.57. The van der Waals surface area contributed by atoms with Crippen molar-refractivity contribution in [2.45, 2.75) is 37.6 Å². The largest absolute Gasteiger partial charge is 0.464 e.